The number of alkyl halides is 8. The summed E-state index contributed by atoms with van der Waals surface area (Å²) in [7, 11) is -7.99. The Morgan fingerprint density at radius 2 is 1.56 bits per heavy atom. The molecule has 3 saturated carbocycles. The highest BCUT2D eigenvalue weighted by molar-refractivity contribution is 7.94. The van der Waals surface area contributed by atoms with E-state index in [-0.39, 0.29) is 62.4 Å². The molecular weight excluding hydrogens is 984 g/mol. The van der Waals surface area contributed by atoms with Crippen LogP contribution in [0.15, 0.2) is 42.5 Å². The molecule has 1 amide bonds. The number of hydrogen-bond donors (Lipinski definition) is 2. The van der Waals surface area contributed by atoms with Gasteiger partial charge < -0.3 is 5.32 Å². The Morgan fingerprint density at radius 1 is 0.912 bits per heavy atom. The maximum Gasteiger partial charge on any atom is 0.435 e. The number of pyridine rings is 1. The quantitative estimate of drug-likeness (QED) is 0.0876. The molecule has 12 nitrogen and oxygen atoms in total. The first kappa shape index (κ1) is 47.6. The van der Waals surface area contributed by atoms with Crippen LogP contribution >= 0.6 is 11.6 Å². The fraction of sp³-hybridized carbons (Fsp3) is 0.442. The molecule has 4 aliphatic rings. The lowest BCUT2D eigenvalue weighted by Gasteiger charge is -2.23. The molecule has 25 heteroatoms. The molecule has 0 unspecified atom stereocenters. The molecule has 0 spiro atoms. The zero-order valence-electron chi connectivity index (χ0n) is 35.3. The van der Waals surface area contributed by atoms with Crippen LogP contribution < -0.4 is 10.0 Å². The van der Waals surface area contributed by atoms with Crippen LogP contribution in [-0.4, -0.2) is 68.7 Å². The van der Waals surface area contributed by atoms with Crippen molar-refractivity contribution in [3.63, 3.8) is 0 Å². The summed E-state index contributed by atoms with van der Waals surface area (Å²) in [6.07, 6.45) is -9.68. The highest BCUT2D eigenvalue weighted by Gasteiger charge is 2.68. The van der Waals surface area contributed by atoms with E-state index in [1.165, 1.54) is 38.1 Å². The highest BCUT2D eigenvalue weighted by atomic mass is 35.5. The number of sulfonamides is 1. The van der Waals surface area contributed by atoms with Crippen molar-refractivity contribution < 1.29 is 65.5 Å². The number of fused-ring (bicyclic) bond motifs is 4. The van der Waals surface area contributed by atoms with Gasteiger partial charge in [0, 0.05) is 28.7 Å². The van der Waals surface area contributed by atoms with Crippen molar-refractivity contribution in [2.45, 2.75) is 111 Å². The first-order valence-corrected chi connectivity index (χ1v) is 24.4. The summed E-state index contributed by atoms with van der Waals surface area (Å²) < 4.78 is 200. The number of hydrogen-bond acceptors (Lipinski definition) is 8. The number of nitrogens with one attached hydrogen (secondary N) is 2. The molecule has 5 aromatic rings. The van der Waals surface area contributed by atoms with Gasteiger partial charge in [-0.25, -0.2) is 30.6 Å². The minimum atomic E-state index is -5.18. The number of benzene rings is 2. The second-order valence-electron chi connectivity index (χ2n) is 17.9. The molecule has 2 aromatic carbocycles. The Kier molecular flexibility index (Phi) is 11.3. The number of nitrogens with zero attached hydrogens (tertiary/aromatic N) is 5. The molecule has 4 aliphatic carbocycles. The van der Waals surface area contributed by atoms with Gasteiger partial charge >= 0.3 is 12.4 Å². The monoisotopic (exact) mass is 1020 g/mol. The summed E-state index contributed by atoms with van der Waals surface area (Å²) in [5, 5.41) is 7.78. The third-order valence-electron chi connectivity index (χ3n) is 12.3. The minimum absolute atomic E-state index is 0.171. The average Bonchev–Trinajstić information content (AvgIpc) is 4.10. The Labute approximate surface area is 385 Å². The van der Waals surface area contributed by atoms with Gasteiger partial charge in [-0.2, -0.15) is 45.3 Å². The average molecular weight is 1020 g/mol. The van der Waals surface area contributed by atoms with Crippen molar-refractivity contribution in [3.8, 4) is 23.0 Å². The van der Waals surface area contributed by atoms with Crippen molar-refractivity contribution in [1.82, 2.24) is 29.9 Å². The van der Waals surface area contributed by atoms with E-state index in [2.05, 4.69) is 37.1 Å². The van der Waals surface area contributed by atoms with Crippen LogP contribution in [0.2, 0.25) is 5.02 Å². The Bertz CT molecular complexity index is 3210. The largest absolute Gasteiger partial charge is 0.435 e. The summed E-state index contributed by atoms with van der Waals surface area (Å²) in [6.45, 7) is -0.344. The smallest absolute Gasteiger partial charge is 0.346 e. The molecule has 0 aliphatic heterocycles. The lowest BCUT2D eigenvalue weighted by molar-refractivity contribution is -0.142. The molecule has 68 heavy (non-hydrogen) atoms. The SMILES string of the molecule is CC(C)(C#Cc1ccc(-c2ccc(Cl)c3c(NS(=O)(=O)C4CC4)nn(CC(F)(F)F)c23)c([C@H](Cc2cc(F)cc(F)c2)NC(=O)Cn2nc(C(F)(F)F)c3c2C(F)(F)[C@@H]2C[C@H]32)n1)S(=O)(=O)C1CC1. The summed E-state index contributed by atoms with van der Waals surface area (Å²) in [4.78, 5) is 18.7. The third-order valence-corrected chi connectivity index (χ3v) is 17.3. The van der Waals surface area contributed by atoms with Crippen molar-refractivity contribution in [3.05, 3.63) is 93.0 Å². The van der Waals surface area contributed by atoms with Crippen molar-refractivity contribution >= 4 is 54.1 Å². The van der Waals surface area contributed by atoms with Gasteiger partial charge in [0.25, 0.3) is 5.92 Å². The number of carbonyl (C=O) groups is 1. The van der Waals surface area contributed by atoms with Gasteiger partial charge in [0.15, 0.2) is 21.3 Å². The van der Waals surface area contributed by atoms with Gasteiger partial charge in [-0.15, -0.1) is 0 Å². The maximum absolute atomic E-state index is 15.5. The van der Waals surface area contributed by atoms with E-state index in [1.807, 2.05) is 0 Å². The van der Waals surface area contributed by atoms with Gasteiger partial charge in [0.2, 0.25) is 15.9 Å². The highest BCUT2D eigenvalue weighted by Crippen LogP contribution is 2.68. The van der Waals surface area contributed by atoms with Crippen molar-refractivity contribution in [2.75, 3.05) is 4.72 Å². The fourth-order valence-corrected chi connectivity index (χ4v) is 12.1. The Hall–Kier alpha value is -5.41. The summed E-state index contributed by atoms with van der Waals surface area (Å²) in [5.74, 6) is -5.09. The summed E-state index contributed by atoms with van der Waals surface area (Å²) >= 11 is 6.58. The second-order valence-corrected chi connectivity index (χ2v) is 23.0. The summed E-state index contributed by atoms with van der Waals surface area (Å²) in [5.41, 5.74) is -4.98. The molecule has 0 radical (unpaired) electrons. The van der Waals surface area contributed by atoms with Crippen LogP contribution in [0.3, 0.4) is 0 Å². The number of amides is 1. The van der Waals surface area contributed by atoms with Crippen LogP contribution in [0.25, 0.3) is 22.0 Å². The molecule has 3 fully saturated rings. The molecule has 3 heterocycles. The van der Waals surface area contributed by atoms with E-state index in [0.29, 0.717) is 23.6 Å². The molecule has 2 N–H and O–H groups in total. The number of anilines is 1. The number of halogens is 11. The fourth-order valence-electron chi connectivity index (χ4n) is 8.72. The standard InChI is InChI=1S/C43H36ClF10N7O5S2/c1-40(2,67(63,64)24-4-5-24)12-11-23-3-8-26(27-9-10-30(44)34-36(27)61(19-41(47,48)49)58-39(34)59-68(65,66)25-6-7-25)35(55-23)31(15-20-13-21(45)16-22(46)14-20)56-32(62)18-60-38-33(37(57-60)43(52,53)54)28-17-29(28)42(38,50)51/h3,8-10,13-14,16,24-25,28-29,31H,4-7,15,17-19H2,1-2H3,(H,56,62)(H,58,59)/t28-,29+,31-/m0/s1. The predicted octanol–water partition coefficient (Wildman–Crippen LogP) is 8.73. The predicted molar refractivity (Wildman–Crippen MR) is 225 cm³/mol. The van der Waals surface area contributed by atoms with E-state index < -0.39 is 137 Å². The number of sulfone groups is 1. The van der Waals surface area contributed by atoms with Crippen molar-refractivity contribution in [1.29, 1.82) is 0 Å². The third kappa shape index (κ3) is 8.89. The van der Waals surface area contributed by atoms with Crippen LogP contribution in [0.5, 0.6) is 0 Å². The first-order chi connectivity index (χ1) is 31.6. The lowest BCUT2D eigenvalue weighted by atomic mass is 9.93. The lowest BCUT2D eigenvalue weighted by Crippen LogP contribution is -2.35. The van der Waals surface area contributed by atoms with E-state index in [1.54, 1.807) is 0 Å². The van der Waals surface area contributed by atoms with E-state index in [0.717, 1.165) is 12.1 Å². The van der Waals surface area contributed by atoms with Crippen LogP contribution in [0, 0.1) is 29.4 Å². The molecule has 0 bridgehead atoms. The topological polar surface area (TPSA) is 158 Å². The molecule has 9 rings (SSSR count). The molecule has 3 aromatic heterocycles. The Morgan fingerprint density at radius 3 is 2.18 bits per heavy atom. The first-order valence-electron chi connectivity index (χ1n) is 20.9. The normalized spacial score (nSPS) is 19.5. The van der Waals surface area contributed by atoms with Crippen LogP contribution in [-0.2, 0) is 56.3 Å². The zero-order valence-corrected chi connectivity index (χ0v) is 37.7. The van der Waals surface area contributed by atoms with Crippen LogP contribution in [0.4, 0.5) is 49.7 Å². The molecular formula is C43H36ClF10N7O5S2. The van der Waals surface area contributed by atoms with E-state index in [9.17, 15) is 56.8 Å². The summed E-state index contributed by atoms with van der Waals surface area (Å²) in [6, 6.07) is 5.46. The van der Waals surface area contributed by atoms with Gasteiger partial charge in [-0.05, 0) is 100 Å². The van der Waals surface area contributed by atoms with Crippen LogP contribution in [0.1, 0.15) is 91.8 Å². The minimum Gasteiger partial charge on any atom is -0.346 e. The van der Waals surface area contributed by atoms with E-state index >= 15 is 8.78 Å². The van der Waals surface area contributed by atoms with E-state index in [4.69, 9.17) is 11.6 Å². The molecule has 362 valence electrons. The zero-order chi connectivity index (χ0) is 49.3. The number of aromatic nitrogens is 5. The van der Waals surface area contributed by atoms with Gasteiger partial charge in [-0.1, -0.05) is 23.6 Å². The number of carbonyl (C=O) groups excluding carboxylic acids is 1. The maximum atomic E-state index is 15.5. The molecule has 3 atom stereocenters. The van der Waals surface area contributed by atoms with Gasteiger partial charge in [0.1, 0.15) is 40.9 Å². The number of rotatable bonds is 13. The Balaban J connectivity index is 1.23. The molecule has 0 saturated heterocycles. The second kappa shape index (κ2) is 16.1. The van der Waals surface area contributed by atoms with Crippen molar-refractivity contribution in [2.24, 2.45) is 5.92 Å². The van der Waals surface area contributed by atoms with Gasteiger partial charge in [-0.3, -0.25) is 18.9 Å². The van der Waals surface area contributed by atoms with Gasteiger partial charge in [0.05, 0.1) is 38.2 Å².